The van der Waals surface area contributed by atoms with E-state index in [1.54, 1.807) is 11.7 Å². The van der Waals surface area contributed by atoms with Crippen LogP contribution in [0.4, 0.5) is 10.2 Å². The summed E-state index contributed by atoms with van der Waals surface area (Å²) in [5.74, 6) is -0.145. The number of nitrogens with one attached hydrogen (secondary N) is 2. The number of rotatable bonds is 9. The van der Waals surface area contributed by atoms with Gasteiger partial charge in [-0.2, -0.15) is 0 Å². The van der Waals surface area contributed by atoms with Gasteiger partial charge in [-0.25, -0.2) is 27.5 Å². The summed E-state index contributed by atoms with van der Waals surface area (Å²) >= 11 is 1.49. The van der Waals surface area contributed by atoms with E-state index < -0.39 is 21.9 Å². The lowest BCUT2D eigenvalue weighted by Gasteiger charge is -2.20. The summed E-state index contributed by atoms with van der Waals surface area (Å²) in [5.41, 5.74) is 3.39. The SMILES string of the molecule is CCCC(CNc1ncccc1-c1cscn1)NS(=O)(=O)c1ccccc1F. The van der Waals surface area contributed by atoms with Gasteiger partial charge in [-0.05, 0) is 30.7 Å². The zero-order valence-electron chi connectivity index (χ0n) is 15.3. The van der Waals surface area contributed by atoms with Gasteiger partial charge in [0.05, 0.1) is 11.2 Å². The van der Waals surface area contributed by atoms with E-state index in [2.05, 4.69) is 20.0 Å². The van der Waals surface area contributed by atoms with E-state index in [0.717, 1.165) is 23.7 Å². The molecule has 0 spiro atoms. The average molecular weight is 421 g/mol. The molecule has 0 saturated carbocycles. The number of aromatic nitrogens is 2. The minimum Gasteiger partial charge on any atom is -0.368 e. The van der Waals surface area contributed by atoms with Crippen LogP contribution in [0.3, 0.4) is 0 Å². The summed E-state index contributed by atoms with van der Waals surface area (Å²) in [5, 5.41) is 5.13. The van der Waals surface area contributed by atoms with Crippen molar-refractivity contribution in [3.8, 4) is 11.3 Å². The van der Waals surface area contributed by atoms with E-state index in [-0.39, 0.29) is 4.90 Å². The number of pyridine rings is 1. The second-order valence-corrected chi connectivity index (χ2v) is 8.59. The van der Waals surface area contributed by atoms with Crippen molar-refractivity contribution in [2.75, 3.05) is 11.9 Å². The van der Waals surface area contributed by atoms with Crippen LogP contribution >= 0.6 is 11.3 Å². The van der Waals surface area contributed by atoms with Crippen LogP contribution in [0.15, 0.2) is 58.4 Å². The smallest absolute Gasteiger partial charge is 0.243 e. The quantitative estimate of drug-likeness (QED) is 0.548. The van der Waals surface area contributed by atoms with Gasteiger partial charge in [0.2, 0.25) is 10.0 Å². The van der Waals surface area contributed by atoms with Crippen molar-refractivity contribution in [3.05, 3.63) is 59.3 Å². The second-order valence-electron chi connectivity index (χ2n) is 6.19. The third kappa shape index (κ3) is 4.92. The highest BCUT2D eigenvalue weighted by molar-refractivity contribution is 7.89. The van der Waals surface area contributed by atoms with Crippen LogP contribution in [0, 0.1) is 5.82 Å². The summed E-state index contributed by atoms with van der Waals surface area (Å²) in [7, 11) is -3.97. The summed E-state index contributed by atoms with van der Waals surface area (Å²) in [6.07, 6.45) is 3.03. The molecule has 1 aromatic carbocycles. The van der Waals surface area contributed by atoms with Crippen LogP contribution in [0.5, 0.6) is 0 Å². The number of sulfonamides is 1. The van der Waals surface area contributed by atoms with Gasteiger partial charge in [-0.1, -0.05) is 25.5 Å². The Kier molecular flexibility index (Phi) is 6.71. The van der Waals surface area contributed by atoms with Crippen LogP contribution in [0.25, 0.3) is 11.3 Å². The van der Waals surface area contributed by atoms with Crippen LogP contribution in [-0.4, -0.2) is 31.0 Å². The van der Waals surface area contributed by atoms with Gasteiger partial charge in [0.1, 0.15) is 16.5 Å². The number of thiazole rings is 1. The Morgan fingerprint density at radius 3 is 2.71 bits per heavy atom. The van der Waals surface area contributed by atoms with Crippen molar-refractivity contribution in [1.29, 1.82) is 0 Å². The van der Waals surface area contributed by atoms with Crippen LogP contribution < -0.4 is 10.0 Å². The molecule has 2 aromatic heterocycles. The van der Waals surface area contributed by atoms with Crippen LogP contribution in [-0.2, 0) is 10.0 Å². The zero-order valence-corrected chi connectivity index (χ0v) is 16.9. The number of anilines is 1. The van der Waals surface area contributed by atoms with E-state index in [1.807, 2.05) is 24.4 Å². The fourth-order valence-corrected chi connectivity index (χ4v) is 4.72. The molecule has 0 bridgehead atoms. The molecular weight excluding hydrogens is 399 g/mol. The molecule has 0 amide bonds. The van der Waals surface area contributed by atoms with Crippen LogP contribution in [0.2, 0.25) is 0 Å². The minimum atomic E-state index is -3.97. The molecule has 9 heteroatoms. The molecular formula is C19H21FN4O2S2. The molecule has 148 valence electrons. The number of hydrogen-bond donors (Lipinski definition) is 2. The van der Waals surface area contributed by atoms with Gasteiger partial charge in [0.15, 0.2) is 0 Å². The predicted molar refractivity (Wildman–Crippen MR) is 109 cm³/mol. The lowest BCUT2D eigenvalue weighted by Crippen LogP contribution is -2.40. The molecule has 0 aliphatic carbocycles. The molecule has 1 atom stereocenters. The van der Waals surface area contributed by atoms with Gasteiger partial charge >= 0.3 is 0 Å². The Morgan fingerprint density at radius 1 is 1.18 bits per heavy atom. The zero-order chi connectivity index (χ0) is 20.0. The lowest BCUT2D eigenvalue weighted by molar-refractivity contribution is 0.523. The van der Waals surface area contributed by atoms with Crippen molar-refractivity contribution in [2.45, 2.75) is 30.7 Å². The van der Waals surface area contributed by atoms with Gasteiger partial charge in [0, 0.05) is 29.7 Å². The molecule has 2 heterocycles. The maximum atomic E-state index is 13.9. The Hall–Kier alpha value is -2.36. The molecule has 1 unspecified atom stereocenters. The summed E-state index contributed by atoms with van der Waals surface area (Å²) < 4.78 is 41.7. The monoisotopic (exact) mass is 420 g/mol. The first kappa shape index (κ1) is 20.4. The Bertz CT molecular complexity index is 1010. The van der Waals surface area contributed by atoms with Crippen molar-refractivity contribution in [3.63, 3.8) is 0 Å². The Balaban J connectivity index is 1.75. The average Bonchev–Trinajstić information content (AvgIpc) is 3.21. The Labute approximate surface area is 167 Å². The first-order chi connectivity index (χ1) is 13.5. The summed E-state index contributed by atoms with van der Waals surface area (Å²) in [6, 6.07) is 8.66. The lowest BCUT2D eigenvalue weighted by atomic mass is 10.1. The van der Waals surface area contributed by atoms with Gasteiger partial charge in [0.25, 0.3) is 0 Å². The summed E-state index contributed by atoms with van der Waals surface area (Å²) in [6.45, 7) is 2.28. The van der Waals surface area contributed by atoms with E-state index in [4.69, 9.17) is 0 Å². The normalized spacial score (nSPS) is 12.6. The third-order valence-corrected chi connectivity index (χ3v) is 6.26. The Morgan fingerprint density at radius 2 is 2.00 bits per heavy atom. The van der Waals surface area contributed by atoms with E-state index in [1.165, 1.54) is 29.5 Å². The number of nitrogens with zero attached hydrogens (tertiary/aromatic N) is 2. The molecule has 0 fully saturated rings. The number of halogens is 1. The highest BCUT2D eigenvalue weighted by atomic mass is 32.2. The molecule has 28 heavy (non-hydrogen) atoms. The fourth-order valence-electron chi connectivity index (χ4n) is 2.81. The molecule has 3 rings (SSSR count). The van der Waals surface area contributed by atoms with Crippen molar-refractivity contribution >= 4 is 27.2 Å². The van der Waals surface area contributed by atoms with E-state index in [0.29, 0.717) is 18.8 Å². The molecule has 0 aliphatic rings. The van der Waals surface area contributed by atoms with Gasteiger partial charge in [-0.15, -0.1) is 11.3 Å². The molecule has 3 aromatic rings. The van der Waals surface area contributed by atoms with Crippen LogP contribution in [0.1, 0.15) is 19.8 Å². The highest BCUT2D eigenvalue weighted by Crippen LogP contribution is 2.25. The highest BCUT2D eigenvalue weighted by Gasteiger charge is 2.23. The van der Waals surface area contributed by atoms with Crippen molar-refractivity contribution in [1.82, 2.24) is 14.7 Å². The van der Waals surface area contributed by atoms with E-state index >= 15 is 0 Å². The topological polar surface area (TPSA) is 84.0 Å². The first-order valence-electron chi connectivity index (χ1n) is 8.85. The third-order valence-electron chi connectivity index (χ3n) is 4.12. The molecule has 0 saturated heterocycles. The van der Waals surface area contributed by atoms with Gasteiger partial charge in [-0.3, -0.25) is 0 Å². The molecule has 0 radical (unpaired) electrons. The van der Waals surface area contributed by atoms with Crippen molar-refractivity contribution < 1.29 is 12.8 Å². The summed E-state index contributed by atoms with van der Waals surface area (Å²) in [4.78, 5) is 8.31. The first-order valence-corrected chi connectivity index (χ1v) is 11.3. The predicted octanol–water partition coefficient (Wildman–Crippen LogP) is 3.90. The molecule has 2 N–H and O–H groups in total. The van der Waals surface area contributed by atoms with Crippen molar-refractivity contribution in [2.24, 2.45) is 0 Å². The second kappa shape index (κ2) is 9.22. The number of hydrogen-bond acceptors (Lipinski definition) is 6. The van der Waals surface area contributed by atoms with Gasteiger partial charge < -0.3 is 5.32 Å². The number of benzene rings is 1. The maximum Gasteiger partial charge on any atom is 0.243 e. The fraction of sp³-hybridized carbons (Fsp3) is 0.263. The van der Waals surface area contributed by atoms with E-state index in [9.17, 15) is 12.8 Å². The molecule has 6 nitrogen and oxygen atoms in total. The largest absolute Gasteiger partial charge is 0.368 e. The molecule has 0 aliphatic heterocycles. The standard InChI is InChI=1S/C19H21FN4O2S2/c1-2-6-14(24-28(25,26)18-9-4-3-8-16(18)20)11-22-19-15(7-5-10-21-19)17-12-27-13-23-17/h3-5,7-10,12-14,24H,2,6,11H2,1H3,(H,21,22). The maximum absolute atomic E-state index is 13.9. The minimum absolute atomic E-state index is 0.315.